The van der Waals surface area contributed by atoms with Crippen molar-refractivity contribution in [3.63, 3.8) is 0 Å². The van der Waals surface area contributed by atoms with E-state index in [0.717, 1.165) is 25.3 Å². The fourth-order valence-corrected chi connectivity index (χ4v) is 3.70. The van der Waals surface area contributed by atoms with E-state index in [2.05, 4.69) is 20.5 Å². The summed E-state index contributed by atoms with van der Waals surface area (Å²) in [5.41, 5.74) is -0.518. The summed E-state index contributed by atoms with van der Waals surface area (Å²) in [5, 5.41) is 33.0. The second-order valence-electron chi connectivity index (χ2n) is 7.21. The van der Waals surface area contributed by atoms with Crippen molar-refractivity contribution in [1.29, 1.82) is 0 Å². The van der Waals surface area contributed by atoms with E-state index in [0.29, 0.717) is 29.1 Å². The lowest BCUT2D eigenvalue weighted by atomic mass is 9.93. The summed E-state index contributed by atoms with van der Waals surface area (Å²) >= 11 is 0. The number of pyridine rings is 1. The van der Waals surface area contributed by atoms with Gasteiger partial charge < -0.3 is 15.5 Å². The molecule has 152 valence electrons. The van der Waals surface area contributed by atoms with Gasteiger partial charge in [0.15, 0.2) is 5.82 Å². The number of aromatic hydroxyl groups is 1. The Morgan fingerprint density at radius 1 is 1.07 bits per heavy atom. The predicted molar refractivity (Wildman–Crippen MR) is 101 cm³/mol. The summed E-state index contributed by atoms with van der Waals surface area (Å²) in [6, 6.07) is 4.49. The normalized spacial score (nSPS) is 20.0. The average Bonchev–Trinajstić information content (AvgIpc) is 2.68. The van der Waals surface area contributed by atoms with Crippen molar-refractivity contribution in [2.45, 2.75) is 44.0 Å². The van der Waals surface area contributed by atoms with Gasteiger partial charge in [-0.15, -0.1) is 10.2 Å². The number of benzene rings is 1. The third kappa shape index (κ3) is 3.95. The Balaban J connectivity index is 1.74. The maximum atomic E-state index is 12.9. The molecule has 1 saturated carbocycles. The first kappa shape index (κ1) is 19.4. The Morgan fingerprint density at radius 2 is 1.90 bits per heavy atom. The molecule has 0 amide bonds. The van der Waals surface area contributed by atoms with E-state index in [1.165, 1.54) is 6.07 Å². The van der Waals surface area contributed by atoms with Crippen molar-refractivity contribution >= 4 is 16.6 Å². The molecule has 2 aromatic heterocycles. The number of aliphatic hydroxyl groups is 1. The molecule has 1 aromatic carbocycles. The van der Waals surface area contributed by atoms with Crippen LogP contribution in [0.25, 0.3) is 22.0 Å². The highest BCUT2D eigenvalue weighted by atomic mass is 19.4. The smallest absolute Gasteiger partial charge is 0.416 e. The van der Waals surface area contributed by atoms with E-state index in [1.54, 1.807) is 18.5 Å². The maximum Gasteiger partial charge on any atom is 0.416 e. The first-order valence-electron chi connectivity index (χ1n) is 9.28. The number of hydrogen-bond donors (Lipinski definition) is 3. The number of nitrogens with one attached hydrogen (secondary N) is 1. The number of alkyl halides is 3. The molecule has 3 N–H and O–H groups in total. The van der Waals surface area contributed by atoms with Gasteiger partial charge in [0.2, 0.25) is 0 Å². The molecule has 0 saturated heterocycles. The highest BCUT2D eigenvalue weighted by molar-refractivity contribution is 6.00. The molecule has 29 heavy (non-hydrogen) atoms. The average molecular weight is 404 g/mol. The minimum absolute atomic E-state index is 0.0433. The molecular formula is C20H19F3N4O2. The Hall–Kier alpha value is -2.94. The molecule has 9 heteroatoms. The van der Waals surface area contributed by atoms with Crippen molar-refractivity contribution in [3.8, 4) is 17.0 Å². The van der Waals surface area contributed by atoms with Gasteiger partial charge in [-0.3, -0.25) is 4.98 Å². The lowest BCUT2D eigenvalue weighted by Crippen LogP contribution is -2.30. The van der Waals surface area contributed by atoms with E-state index in [4.69, 9.17) is 0 Å². The van der Waals surface area contributed by atoms with Crippen LogP contribution < -0.4 is 5.32 Å². The molecule has 1 aliphatic rings. The molecule has 3 aromatic rings. The van der Waals surface area contributed by atoms with Gasteiger partial charge in [-0.05, 0) is 49.9 Å². The molecule has 2 heterocycles. The first-order chi connectivity index (χ1) is 13.8. The van der Waals surface area contributed by atoms with Crippen molar-refractivity contribution in [2.24, 2.45) is 0 Å². The van der Waals surface area contributed by atoms with E-state index >= 15 is 0 Å². The van der Waals surface area contributed by atoms with Gasteiger partial charge in [-0.1, -0.05) is 0 Å². The van der Waals surface area contributed by atoms with Crippen LogP contribution in [0.5, 0.6) is 5.75 Å². The second kappa shape index (κ2) is 7.47. The van der Waals surface area contributed by atoms with Crippen molar-refractivity contribution in [2.75, 3.05) is 5.32 Å². The molecular weight excluding hydrogens is 385 g/mol. The molecule has 0 aliphatic heterocycles. The SMILES string of the molecule is Oc1cc(C(F)(F)F)ccc1-c1nnc(N[C@H]2CCC[C@@H](O)C2)c2cnccc12. The Bertz CT molecular complexity index is 1040. The molecule has 1 fully saturated rings. The van der Waals surface area contributed by atoms with Gasteiger partial charge in [0, 0.05) is 34.8 Å². The van der Waals surface area contributed by atoms with Crippen molar-refractivity contribution in [3.05, 3.63) is 42.2 Å². The van der Waals surface area contributed by atoms with Crippen LogP contribution in [0.1, 0.15) is 31.2 Å². The van der Waals surface area contributed by atoms with Crippen LogP contribution >= 0.6 is 0 Å². The number of halogens is 3. The number of hydrogen-bond acceptors (Lipinski definition) is 6. The summed E-state index contributed by atoms with van der Waals surface area (Å²) in [6.45, 7) is 0. The zero-order valence-corrected chi connectivity index (χ0v) is 15.3. The zero-order chi connectivity index (χ0) is 20.6. The molecule has 4 rings (SSSR count). The largest absolute Gasteiger partial charge is 0.507 e. The second-order valence-corrected chi connectivity index (χ2v) is 7.21. The lowest BCUT2D eigenvalue weighted by molar-refractivity contribution is -0.137. The van der Waals surface area contributed by atoms with E-state index in [9.17, 15) is 23.4 Å². The number of phenols is 1. The molecule has 0 radical (unpaired) electrons. The molecule has 6 nitrogen and oxygen atoms in total. The zero-order valence-electron chi connectivity index (χ0n) is 15.3. The van der Waals surface area contributed by atoms with Crippen LogP contribution in [0.15, 0.2) is 36.7 Å². The monoisotopic (exact) mass is 404 g/mol. The fourth-order valence-electron chi connectivity index (χ4n) is 3.70. The number of aromatic nitrogens is 3. The fraction of sp³-hybridized carbons (Fsp3) is 0.350. The van der Waals surface area contributed by atoms with E-state index < -0.39 is 17.5 Å². The predicted octanol–water partition coefficient (Wildman–Crippen LogP) is 4.13. The van der Waals surface area contributed by atoms with Crippen LogP contribution in [-0.4, -0.2) is 37.5 Å². The van der Waals surface area contributed by atoms with E-state index in [1.807, 2.05) is 0 Å². The highest BCUT2D eigenvalue weighted by Crippen LogP contribution is 2.38. The summed E-state index contributed by atoms with van der Waals surface area (Å²) in [7, 11) is 0. The number of rotatable bonds is 3. The van der Waals surface area contributed by atoms with Gasteiger partial charge in [-0.2, -0.15) is 13.2 Å². The number of fused-ring (bicyclic) bond motifs is 1. The van der Waals surface area contributed by atoms with Gasteiger partial charge in [0.05, 0.1) is 11.7 Å². The molecule has 0 bridgehead atoms. The Labute approximate surface area is 164 Å². The molecule has 2 atom stereocenters. The Morgan fingerprint density at radius 3 is 2.62 bits per heavy atom. The summed E-state index contributed by atoms with van der Waals surface area (Å²) < 4.78 is 38.7. The maximum absolute atomic E-state index is 12.9. The molecule has 0 unspecified atom stereocenters. The van der Waals surface area contributed by atoms with Gasteiger partial charge in [0.25, 0.3) is 0 Å². The summed E-state index contributed by atoms with van der Waals surface area (Å²) in [5.74, 6) is -0.0364. The lowest BCUT2D eigenvalue weighted by Gasteiger charge is -2.27. The molecule has 1 aliphatic carbocycles. The summed E-state index contributed by atoms with van der Waals surface area (Å²) in [4.78, 5) is 4.12. The van der Waals surface area contributed by atoms with Gasteiger partial charge >= 0.3 is 6.18 Å². The Kier molecular flexibility index (Phi) is 4.99. The van der Waals surface area contributed by atoms with Crippen molar-refractivity contribution in [1.82, 2.24) is 15.2 Å². The molecule has 0 spiro atoms. The van der Waals surface area contributed by atoms with Crippen LogP contribution in [0.4, 0.5) is 19.0 Å². The van der Waals surface area contributed by atoms with Crippen molar-refractivity contribution < 1.29 is 23.4 Å². The number of anilines is 1. The van der Waals surface area contributed by atoms with Gasteiger partial charge in [0.1, 0.15) is 11.4 Å². The van der Waals surface area contributed by atoms with Crippen LogP contribution in [0.3, 0.4) is 0 Å². The number of aliphatic hydroxyl groups excluding tert-OH is 1. The van der Waals surface area contributed by atoms with Crippen LogP contribution in [-0.2, 0) is 6.18 Å². The minimum Gasteiger partial charge on any atom is -0.507 e. The first-order valence-corrected chi connectivity index (χ1v) is 9.28. The minimum atomic E-state index is -4.55. The standard InChI is InChI=1S/C20H19F3N4O2/c21-20(22,23)11-4-5-15(17(29)8-11)18-14-6-7-24-10-16(14)19(27-26-18)25-12-2-1-3-13(28)9-12/h4-8,10,12-13,28-29H,1-3,9H2,(H,25,27)/t12-,13+/m0/s1. The van der Waals surface area contributed by atoms with Crippen LogP contribution in [0.2, 0.25) is 0 Å². The third-order valence-corrected chi connectivity index (χ3v) is 5.15. The van der Waals surface area contributed by atoms with E-state index in [-0.39, 0.29) is 23.4 Å². The van der Waals surface area contributed by atoms with Gasteiger partial charge in [-0.25, -0.2) is 0 Å². The number of nitrogens with zero attached hydrogens (tertiary/aromatic N) is 3. The summed E-state index contributed by atoms with van der Waals surface area (Å²) in [6.07, 6.45) is 1.40. The topological polar surface area (TPSA) is 91.2 Å². The quantitative estimate of drug-likeness (QED) is 0.608. The number of phenolic OH excluding ortho intramolecular Hbond substituents is 1. The highest BCUT2D eigenvalue weighted by Gasteiger charge is 2.31. The van der Waals surface area contributed by atoms with Crippen LogP contribution in [0, 0.1) is 0 Å². The third-order valence-electron chi connectivity index (χ3n) is 5.15.